The molecule has 0 bridgehead atoms. The van der Waals surface area contributed by atoms with E-state index in [1.54, 1.807) is 0 Å². The fraction of sp³-hybridized carbons (Fsp3) is 0.385. The summed E-state index contributed by atoms with van der Waals surface area (Å²) in [6.45, 7) is 2.88. The predicted octanol–water partition coefficient (Wildman–Crippen LogP) is 1.04. The van der Waals surface area contributed by atoms with Crippen LogP contribution in [0.4, 0.5) is 0 Å². The molecule has 0 heterocycles. The van der Waals surface area contributed by atoms with E-state index in [2.05, 4.69) is 5.11 Å². The number of aliphatic hydroxyl groups excluding tert-OH is 1. The SMILES string of the molecule is [3H]O[C@@H](C)C(=O)O[C@@H](C)C(=O)OCc1ccccc1. The van der Waals surface area contributed by atoms with Crippen LogP contribution < -0.4 is 0 Å². The zero-order chi connectivity index (χ0) is 14.3. The van der Waals surface area contributed by atoms with Gasteiger partial charge in [-0.05, 0) is 19.4 Å². The van der Waals surface area contributed by atoms with Crippen molar-refractivity contribution < 1.29 is 24.2 Å². The van der Waals surface area contributed by atoms with Gasteiger partial charge in [-0.1, -0.05) is 30.3 Å². The lowest BCUT2D eigenvalue weighted by atomic mass is 10.2. The maximum absolute atomic E-state index is 11.6. The Morgan fingerprint density at radius 3 is 2.56 bits per heavy atom. The Morgan fingerprint density at radius 2 is 1.94 bits per heavy atom. The molecule has 1 aromatic rings. The van der Waals surface area contributed by atoms with E-state index in [4.69, 9.17) is 10.9 Å². The van der Waals surface area contributed by atoms with Crippen molar-refractivity contribution in [2.45, 2.75) is 32.7 Å². The molecule has 1 rings (SSSR count). The minimum atomic E-state index is -1.04. The lowest BCUT2D eigenvalue weighted by Crippen LogP contribution is -2.30. The van der Waals surface area contributed by atoms with Gasteiger partial charge >= 0.3 is 11.9 Å². The van der Waals surface area contributed by atoms with E-state index < -0.39 is 24.1 Å². The molecular weight excluding hydrogens is 236 g/mol. The maximum Gasteiger partial charge on any atom is 0.347 e. The molecule has 1 N–H and O–H groups in total. The van der Waals surface area contributed by atoms with Crippen molar-refractivity contribution in [2.75, 3.05) is 0 Å². The molecular formula is C13H16O5. The molecule has 1 aromatic carbocycles. The molecule has 5 nitrogen and oxygen atoms in total. The molecule has 0 aliphatic carbocycles. The molecule has 0 aliphatic heterocycles. The Morgan fingerprint density at radius 1 is 1.28 bits per heavy atom. The van der Waals surface area contributed by atoms with Crippen LogP contribution in [0.25, 0.3) is 0 Å². The third-order valence-corrected chi connectivity index (χ3v) is 2.18. The Hall–Kier alpha value is -1.88. The number of hydrogen-bond acceptors (Lipinski definition) is 5. The van der Waals surface area contributed by atoms with Crippen LogP contribution in [0, 0.1) is 0 Å². The minimum Gasteiger partial charge on any atom is -0.458 e. The molecule has 18 heavy (non-hydrogen) atoms. The summed E-state index contributed by atoms with van der Waals surface area (Å²) < 4.78 is 16.4. The Kier molecular flexibility index (Phi) is 4.72. The predicted molar refractivity (Wildman–Crippen MR) is 63.5 cm³/mol. The van der Waals surface area contributed by atoms with E-state index in [1.165, 1.54) is 13.8 Å². The first kappa shape index (κ1) is 12.6. The van der Waals surface area contributed by atoms with Gasteiger partial charge in [-0.15, -0.1) is 0 Å². The molecule has 0 spiro atoms. The maximum atomic E-state index is 11.6. The van der Waals surface area contributed by atoms with E-state index in [9.17, 15) is 9.59 Å². The number of rotatable bonds is 6. The van der Waals surface area contributed by atoms with Crippen LogP contribution in [-0.4, -0.2) is 30.7 Å². The van der Waals surface area contributed by atoms with Gasteiger partial charge < -0.3 is 14.6 Å². The highest BCUT2D eigenvalue weighted by Crippen LogP contribution is 2.04. The average molecular weight is 254 g/mol. The summed E-state index contributed by atoms with van der Waals surface area (Å²) in [5.41, 5.74) is 0.845. The molecule has 5 heteroatoms. The molecule has 0 unspecified atom stereocenters. The first-order chi connectivity index (χ1) is 9.04. The Bertz CT molecular complexity index is 420. The van der Waals surface area contributed by atoms with Crippen LogP contribution in [0.15, 0.2) is 30.3 Å². The largest absolute Gasteiger partial charge is 0.458 e. The van der Waals surface area contributed by atoms with E-state index >= 15 is 0 Å². The quantitative estimate of drug-likeness (QED) is 0.768. The second-order valence-corrected chi connectivity index (χ2v) is 3.81. The summed E-state index contributed by atoms with van der Waals surface area (Å²) >= 11 is 0. The highest BCUT2D eigenvalue weighted by molar-refractivity contribution is 5.80. The molecule has 0 saturated heterocycles. The van der Waals surface area contributed by atoms with Gasteiger partial charge in [0.1, 0.15) is 12.7 Å². The third-order valence-electron chi connectivity index (χ3n) is 2.18. The van der Waals surface area contributed by atoms with E-state index in [0.29, 0.717) is 0 Å². The second-order valence-electron chi connectivity index (χ2n) is 3.81. The van der Waals surface area contributed by atoms with Gasteiger partial charge in [0, 0.05) is 0 Å². The topological polar surface area (TPSA) is 72.8 Å². The number of ether oxygens (including phenoxy) is 2. The fourth-order valence-electron chi connectivity index (χ4n) is 1.16. The molecule has 0 aliphatic rings. The Labute approximate surface area is 107 Å². The zero-order valence-corrected chi connectivity index (χ0v) is 10.3. The number of benzene rings is 1. The van der Waals surface area contributed by atoms with Gasteiger partial charge in [-0.25, -0.2) is 9.59 Å². The average Bonchev–Trinajstić information content (AvgIpc) is 2.44. The van der Waals surface area contributed by atoms with E-state index in [0.717, 1.165) is 5.56 Å². The summed E-state index contributed by atoms with van der Waals surface area (Å²) in [5.74, 6) is -1.42. The van der Waals surface area contributed by atoms with Crippen molar-refractivity contribution in [3.8, 4) is 0 Å². The minimum absolute atomic E-state index is 0.117. The zero-order valence-electron chi connectivity index (χ0n) is 11.3. The van der Waals surface area contributed by atoms with Crippen molar-refractivity contribution in [2.24, 2.45) is 0 Å². The van der Waals surface area contributed by atoms with Gasteiger partial charge in [0.15, 0.2) is 6.10 Å². The highest BCUT2D eigenvalue weighted by atomic mass is 16.6. The standard InChI is InChI=1S/C13H16O5/c1-9(14)12(15)18-10(2)13(16)17-8-11-6-4-3-5-7-11/h3-7,9-10,14H,8H2,1-2H3/t9-,10-/m0/s1/i14T. The summed E-state index contributed by atoms with van der Waals surface area (Å²) in [5, 5.41) is 4.05. The molecule has 0 fully saturated rings. The van der Waals surface area contributed by atoms with Gasteiger partial charge in [0.2, 0.25) is 1.43 Å². The number of hydrogen-bond donors (Lipinski definition) is 1. The molecule has 0 radical (unpaired) electrons. The molecule has 0 aromatic heterocycles. The first-order valence-corrected chi connectivity index (χ1v) is 5.57. The van der Waals surface area contributed by atoms with Crippen LogP contribution >= 0.6 is 0 Å². The van der Waals surface area contributed by atoms with Crippen molar-refractivity contribution in [1.82, 2.24) is 0 Å². The smallest absolute Gasteiger partial charge is 0.347 e. The van der Waals surface area contributed by atoms with Gasteiger partial charge in [0.25, 0.3) is 0 Å². The normalized spacial score (nSPS) is 14.2. The van der Waals surface area contributed by atoms with Crippen LogP contribution in [0.3, 0.4) is 0 Å². The van der Waals surface area contributed by atoms with Crippen LogP contribution in [0.2, 0.25) is 0 Å². The Balaban J connectivity index is 2.39. The van der Waals surface area contributed by atoms with Gasteiger partial charge in [-0.3, -0.25) is 0 Å². The highest BCUT2D eigenvalue weighted by Gasteiger charge is 2.21. The second kappa shape index (κ2) is 6.76. The number of aliphatic hydroxyl groups is 1. The number of carbonyl (C=O) groups is 2. The van der Waals surface area contributed by atoms with Crippen molar-refractivity contribution in [3.05, 3.63) is 35.9 Å². The van der Waals surface area contributed by atoms with Crippen LogP contribution in [-0.2, 0) is 25.7 Å². The number of carbonyl (C=O) groups excluding carboxylic acids is 2. The molecule has 0 amide bonds. The monoisotopic (exact) mass is 254 g/mol. The lowest BCUT2D eigenvalue weighted by Gasteiger charge is -2.13. The fourth-order valence-corrected chi connectivity index (χ4v) is 1.16. The van der Waals surface area contributed by atoms with E-state index in [1.807, 2.05) is 30.3 Å². The van der Waals surface area contributed by atoms with Gasteiger partial charge in [-0.2, -0.15) is 0 Å². The first-order valence-electron chi connectivity index (χ1n) is 5.98. The molecule has 0 saturated carbocycles. The molecule has 98 valence electrons. The third kappa shape index (κ3) is 4.55. The number of esters is 2. The van der Waals surface area contributed by atoms with E-state index in [-0.39, 0.29) is 6.61 Å². The summed E-state index contributed by atoms with van der Waals surface area (Å²) in [7, 11) is 0. The van der Waals surface area contributed by atoms with Crippen molar-refractivity contribution >= 4 is 11.9 Å². The van der Waals surface area contributed by atoms with Gasteiger partial charge in [0.05, 0.1) is 0 Å². The van der Waals surface area contributed by atoms with Crippen molar-refractivity contribution in [1.29, 1.82) is 1.43 Å². The van der Waals surface area contributed by atoms with Crippen LogP contribution in [0.1, 0.15) is 19.4 Å². The summed E-state index contributed by atoms with van der Waals surface area (Å²) in [6, 6.07) is 9.16. The summed E-state index contributed by atoms with van der Waals surface area (Å²) in [4.78, 5) is 22.9. The van der Waals surface area contributed by atoms with Crippen LogP contribution in [0.5, 0.6) is 0 Å². The summed E-state index contributed by atoms with van der Waals surface area (Å²) in [6.07, 6.45) is -2.07. The molecule has 2 atom stereocenters. The lowest BCUT2D eigenvalue weighted by molar-refractivity contribution is -0.172. The van der Waals surface area contributed by atoms with Crippen molar-refractivity contribution in [3.63, 3.8) is 0 Å².